The van der Waals surface area contributed by atoms with Gasteiger partial charge in [0.15, 0.2) is 0 Å². The summed E-state index contributed by atoms with van der Waals surface area (Å²) < 4.78 is 5.11. The highest BCUT2D eigenvalue weighted by Gasteiger charge is 2.04. The highest BCUT2D eigenvalue weighted by Crippen LogP contribution is 2.12. The number of rotatable bonds is 14. The first-order valence-electron chi connectivity index (χ1n) is 8.99. The lowest BCUT2D eigenvalue weighted by molar-refractivity contribution is -0.145. The summed E-state index contributed by atoms with van der Waals surface area (Å²) in [5.41, 5.74) is 0. The van der Waals surface area contributed by atoms with E-state index in [0.717, 1.165) is 6.42 Å². The van der Waals surface area contributed by atoms with Crippen LogP contribution in [0.2, 0.25) is 0 Å². The van der Waals surface area contributed by atoms with Crippen LogP contribution in [0.25, 0.3) is 0 Å². The van der Waals surface area contributed by atoms with E-state index in [4.69, 9.17) is 4.74 Å². The van der Waals surface area contributed by atoms with Gasteiger partial charge in [0, 0.05) is 6.92 Å². The molecule has 1 atom stereocenters. The lowest BCUT2D eigenvalue weighted by Crippen LogP contribution is -2.11. The standard InChI is InChI=1S/C19H36O2/c1-4-5-6-7-8-9-10-11-12-13-14-15-16-17-18(2)21-19(3)20/h7-8,18H,4-6,9-17H2,1-3H3/b8-7-/t18-/m0/s1. The molecule has 0 rings (SSSR count). The first-order valence-corrected chi connectivity index (χ1v) is 8.99. The van der Waals surface area contributed by atoms with Crippen LogP contribution in [0.1, 0.15) is 97.8 Å². The van der Waals surface area contributed by atoms with Crippen molar-refractivity contribution in [3.05, 3.63) is 12.2 Å². The maximum atomic E-state index is 10.8. The van der Waals surface area contributed by atoms with Gasteiger partial charge in [-0.1, -0.05) is 64.0 Å². The van der Waals surface area contributed by atoms with Crippen LogP contribution in [0.4, 0.5) is 0 Å². The van der Waals surface area contributed by atoms with Gasteiger partial charge in [-0.3, -0.25) is 4.79 Å². The zero-order chi connectivity index (χ0) is 15.8. The molecule has 2 nitrogen and oxygen atoms in total. The lowest BCUT2D eigenvalue weighted by Gasteiger charge is -2.11. The van der Waals surface area contributed by atoms with E-state index in [-0.39, 0.29) is 12.1 Å². The SMILES string of the molecule is CCCC/C=C\CCCCCCCCC[C@H](C)OC(C)=O. The largest absolute Gasteiger partial charge is 0.463 e. The molecule has 0 aliphatic carbocycles. The van der Waals surface area contributed by atoms with Crippen molar-refractivity contribution in [3.63, 3.8) is 0 Å². The summed E-state index contributed by atoms with van der Waals surface area (Å²) in [5.74, 6) is -0.161. The molecule has 0 unspecified atom stereocenters. The highest BCUT2D eigenvalue weighted by atomic mass is 16.5. The second-order valence-corrected chi connectivity index (χ2v) is 6.09. The maximum absolute atomic E-state index is 10.8. The number of hydrogen-bond donors (Lipinski definition) is 0. The Labute approximate surface area is 132 Å². The van der Waals surface area contributed by atoms with E-state index in [1.807, 2.05) is 6.92 Å². The molecule has 0 amide bonds. The van der Waals surface area contributed by atoms with Gasteiger partial charge < -0.3 is 4.74 Å². The van der Waals surface area contributed by atoms with Gasteiger partial charge in [-0.05, 0) is 39.0 Å². The maximum Gasteiger partial charge on any atom is 0.302 e. The number of carbonyl (C=O) groups is 1. The van der Waals surface area contributed by atoms with Gasteiger partial charge in [-0.15, -0.1) is 0 Å². The number of hydrogen-bond acceptors (Lipinski definition) is 2. The molecule has 0 aliphatic rings. The van der Waals surface area contributed by atoms with Crippen LogP contribution < -0.4 is 0 Å². The fourth-order valence-electron chi connectivity index (χ4n) is 2.48. The molecule has 0 aromatic rings. The lowest BCUT2D eigenvalue weighted by atomic mass is 10.1. The van der Waals surface area contributed by atoms with Crippen molar-refractivity contribution in [2.75, 3.05) is 0 Å². The molecule has 0 fully saturated rings. The molecule has 0 heterocycles. The van der Waals surface area contributed by atoms with Gasteiger partial charge in [0.05, 0.1) is 6.10 Å². The first kappa shape index (κ1) is 20.2. The van der Waals surface area contributed by atoms with E-state index in [0.29, 0.717) is 0 Å². The summed E-state index contributed by atoms with van der Waals surface area (Å²) in [6.45, 7) is 5.70. The minimum absolute atomic E-state index is 0.0852. The molecule has 0 spiro atoms. The number of ether oxygens (including phenoxy) is 1. The molecule has 0 saturated carbocycles. The number of esters is 1. The monoisotopic (exact) mass is 296 g/mol. The summed E-state index contributed by atoms with van der Waals surface area (Å²) in [6.07, 6.45) is 20.1. The fourth-order valence-corrected chi connectivity index (χ4v) is 2.48. The van der Waals surface area contributed by atoms with E-state index < -0.39 is 0 Å². The fraction of sp³-hybridized carbons (Fsp3) is 0.842. The summed E-state index contributed by atoms with van der Waals surface area (Å²) in [6, 6.07) is 0. The van der Waals surface area contributed by atoms with Crippen LogP contribution in [0.5, 0.6) is 0 Å². The summed E-state index contributed by atoms with van der Waals surface area (Å²) >= 11 is 0. The Hall–Kier alpha value is -0.790. The Bertz CT molecular complexity index is 258. The second-order valence-electron chi connectivity index (χ2n) is 6.09. The molecule has 0 aromatic heterocycles. The molecule has 0 N–H and O–H groups in total. The minimum atomic E-state index is -0.161. The summed E-state index contributed by atoms with van der Waals surface area (Å²) in [5, 5.41) is 0. The predicted octanol–water partition coefficient (Wildman–Crippen LogP) is 6.20. The quantitative estimate of drug-likeness (QED) is 0.217. The molecule has 21 heavy (non-hydrogen) atoms. The van der Waals surface area contributed by atoms with E-state index in [1.54, 1.807) is 0 Å². The molecule has 124 valence electrons. The van der Waals surface area contributed by atoms with Crippen molar-refractivity contribution < 1.29 is 9.53 Å². The highest BCUT2D eigenvalue weighted by molar-refractivity contribution is 5.66. The molecule has 0 aromatic carbocycles. The van der Waals surface area contributed by atoms with E-state index >= 15 is 0 Å². The Morgan fingerprint density at radius 3 is 2.00 bits per heavy atom. The minimum Gasteiger partial charge on any atom is -0.463 e. The van der Waals surface area contributed by atoms with E-state index in [2.05, 4.69) is 19.1 Å². The Balaban J connectivity index is 3.15. The smallest absolute Gasteiger partial charge is 0.302 e. The van der Waals surface area contributed by atoms with Gasteiger partial charge in [0.2, 0.25) is 0 Å². The van der Waals surface area contributed by atoms with Gasteiger partial charge in [0.25, 0.3) is 0 Å². The molecule has 0 saturated heterocycles. The van der Waals surface area contributed by atoms with Crippen molar-refractivity contribution in [2.24, 2.45) is 0 Å². The molecule has 2 heteroatoms. The van der Waals surface area contributed by atoms with Gasteiger partial charge in [-0.2, -0.15) is 0 Å². The van der Waals surface area contributed by atoms with Crippen molar-refractivity contribution in [1.82, 2.24) is 0 Å². The third kappa shape index (κ3) is 17.2. The average Bonchev–Trinajstić information content (AvgIpc) is 2.43. The number of unbranched alkanes of at least 4 members (excludes halogenated alkanes) is 9. The predicted molar refractivity (Wildman–Crippen MR) is 91.4 cm³/mol. The Morgan fingerprint density at radius 2 is 1.43 bits per heavy atom. The van der Waals surface area contributed by atoms with Crippen LogP contribution in [-0.4, -0.2) is 12.1 Å². The van der Waals surface area contributed by atoms with Crippen LogP contribution in [0.15, 0.2) is 12.2 Å². The molecule has 0 aliphatic heterocycles. The van der Waals surface area contributed by atoms with Crippen LogP contribution in [-0.2, 0) is 9.53 Å². The van der Waals surface area contributed by atoms with Crippen LogP contribution >= 0.6 is 0 Å². The number of allylic oxidation sites excluding steroid dienone is 2. The van der Waals surface area contributed by atoms with Crippen molar-refractivity contribution in [3.8, 4) is 0 Å². The zero-order valence-corrected chi connectivity index (χ0v) is 14.5. The van der Waals surface area contributed by atoms with Crippen molar-refractivity contribution in [1.29, 1.82) is 0 Å². The third-order valence-corrected chi connectivity index (χ3v) is 3.74. The normalized spacial score (nSPS) is 12.7. The summed E-state index contributed by atoms with van der Waals surface area (Å²) in [4.78, 5) is 10.8. The van der Waals surface area contributed by atoms with Gasteiger partial charge >= 0.3 is 5.97 Å². The molecule has 0 bridgehead atoms. The Morgan fingerprint density at radius 1 is 0.905 bits per heavy atom. The van der Waals surface area contributed by atoms with Gasteiger partial charge in [0.1, 0.15) is 0 Å². The molecule has 0 radical (unpaired) electrons. The van der Waals surface area contributed by atoms with Crippen LogP contribution in [0, 0.1) is 0 Å². The van der Waals surface area contributed by atoms with Crippen molar-refractivity contribution >= 4 is 5.97 Å². The van der Waals surface area contributed by atoms with Gasteiger partial charge in [-0.25, -0.2) is 0 Å². The van der Waals surface area contributed by atoms with Crippen LogP contribution in [0.3, 0.4) is 0 Å². The molecular weight excluding hydrogens is 260 g/mol. The summed E-state index contributed by atoms with van der Waals surface area (Å²) in [7, 11) is 0. The first-order chi connectivity index (χ1) is 10.2. The van der Waals surface area contributed by atoms with E-state index in [9.17, 15) is 4.79 Å². The number of carbonyl (C=O) groups excluding carboxylic acids is 1. The van der Waals surface area contributed by atoms with Crippen molar-refractivity contribution in [2.45, 2.75) is 104 Å². The van der Waals surface area contributed by atoms with E-state index in [1.165, 1.54) is 77.6 Å². The topological polar surface area (TPSA) is 26.3 Å². The average molecular weight is 296 g/mol. The Kier molecular flexibility index (Phi) is 15.0. The second kappa shape index (κ2) is 15.6. The third-order valence-electron chi connectivity index (χ3n) is 3.74. The zero-order valence-electron chi connectivity index (χ0n) is 14.5. The molecular formula is C19H36O2.